The van der Waals surface area contributed by atoms with Gasteiger partial charge in [0.05, 0.1) is 4.90 Å². The zero-order valence-corrected chi connectivity index (χ0v) is 13.0. The maximum atomic E-state index is 11.7. The fourth-order valence-electron chi connectivity index (χ4n) is 1.92. The molecule has 0 bridgehead atoms. The normalized spacial score (nSPS) is 12.9. The topological polar surface area (TPSA) is 115 Å². The van der Waals surface area contributed by atoms with Gasteiger partial charge in [0.2, 0.25) is 15.9 Å². The number of nitrogens with two attached hydrogens (primary N) is 2. The molecule has 0 saturated carbocycles. The molecule has 0 aliphatic rings. The van der Waals surface area contributed by atoms with Gasteiger partial charge in [0.15, 0.2) is 0 Å². The van der Waals surface area contributed by atoms with Gasteiger partial charge in [0.25, 0.3) is 0 Å². The number of carbonyl (C=O) groups excluding carboxylic acids is 1. The molecule has 21 heavy (non-hydrogen) atoms. The van der Waals surface area contributed by atoms with Crippen molar-refractivity contribution in [2.45, 2.75) is 31.1 Å². The Bertz CT molecular complexity index is 551. The third-order valence-corrected chi connectivity index (χ3v) is 4.30. The summed E-state index contributed by atoms with van der Waals surface area (Å²) in [6.45, 7) is 3.03. The Labute approximate surface area is 126 Å². The minimum Gasteiger partial charge on any atom is -0.356 e. The average Bonchev–Trinajstić information content (AvgIpc) is 2.44. The lowest BCUT2D eigenvalue weighted by molar-refractivity contribution is -0.121. The molecule has 5 N–H and O–H groups in total. The molecule has 1 aromatic carbocycles. The lowest BCUT2D eigenvalue weighted by atomic mass is 10.0. The van der Waals surface area contributed by atoms with Crippen LogP contribution >= 0.6 is 0 Å². The molecule has 7 heteroatoms. The van der Waals surface area contributed by atoms with Gasteiger partial charge in [-0.1, -0.05) is 25.5 Å². The minimum absolute atomic E-state index is 0.00606. The molecule has 1 atom stereocenters. The van der Waals surface area contributed by atoms with Crippen LogP contribution in [-0.2, 0) is 21.2 Å². The number of hydrogen-bond acceptors (Lipinski definition) is 4. The van der Waals surface area contributed by atoms with Gasteiger partial charge in [-0.15, -0.1) is 0 Å². The number of sulfonamides is 1. The van der Waals surface area contributed by atoms with Crippen LogP contribution in [0.1, 0.15) is 25.3 Å². The van der Waals surface area contributed by atoms with Crippen LogP contribution in [0.15, 0.2) is 29.2 Å². The zero-order chi connectivity index (χ0) is 15.9. The predicted octanol–water partition coefficient (Wildman–Crippen LogP) is 0.368. The molecule has 6 nitrogen and oxygen atoms in total. The highest BCUT2D eigenvalue weighted by atomic mass is 32.2. The number of benzene rings is 1. The molecule has 1 unspecified atom stereocenters. The number of nitrogens with one attached hydrogen (secondary N) is 1. The van der Waals surface area contributed by atoms with Crippen molar-refractivity contribution in [2.24, 2.45) is 16.8 Å². The molecule has 0 spiro atoms. The SMILES string of the molecule is CCC(CN)CC(=O)NCCc1ccc(S(N)(=O)=O)cc1. The van der Waals surface area contributed by atoms with Crippen LogP contribution in [0.4, 0.5) is 0 Å². The van der Waals surface area contributed by atoms with Gasteiger partial charge in [0.1, 0.15) is 0 Å². The molecule has 0 aromatic heterocycles. The summed E-state index contributed by atoms with van der Waals surface area (Å²) >= 11 is 0. The van der Waals surface area contributed by atoms with E-state index in [9.17, 15) is 13.2 Å². The zero-order valence-electron chi connectivity index (χ0n) is 12.2. The number of hydrogen-bond donors (Lipinski definition) is 3. The first-order chi connectivity index (χ1) is 9.86. The van der Waals surface area contributed by atoms with Crippen LogP contribution in [0.3, 0.4) is 0 Å². The van der Waals surface area contributed by atoms with E-state index in [4.69, 9.17) is 10.9 Å². The first-order valence-electron chi connectivity index (χ1n) is 6.95. The fraction of sp³-hybridized carbons (Fsp3) is 0.500. The van der Waals surface area contributed by atoms with E-state index >= 15 is 0 Å². The van der Waals surface area contributed by atoms with Crippen molar-refractivity contribution in [3.63, 3.8) is 0 Å². The molecular formula is C14H23N3O3S. The molecule has 0 aliphatic carbocycles. The van der Waals surface area contributed by atoms with Crippen molar-refractivity contribution in [2.75, 3.05) is 13.1 Å². The summed E-state index contributed by atoms with van der Waals surface area (Å²) in [4.78, 5) is 11.8. The van der Waals surface area contributed by atoms with Gasteiger partial charge >= 0.3 is 0 Å². The number of carbonyl (C=O) groups is 1. The second-order valence-electron chi connectivity index (χ2n) is 5.00. The van der Waals surface area contributed by atoms with Crippen molar-refractivity contribution in [1.82, 2.24) is 5.32 Å². The largest absolute Gasteiger partial charge is 0.356 e. The Morgan fingerprint density at radius 1 is 1.29 bits per heavy atom. The molecule has 0 radical (unpaired) electrons. The standard InChI is InChI=1S/C14H23N3O3S/c1-2-11(10-15)9-14(18)17-8-7-12-3-5-13(6-4-12)21(16,19)20/h3-6,11H,2,7-10,15H2,1H3,(H,17,18)(H2,16,19,20). The monoisotopic (exact) mass is 313 g/mol. The van der Waals surface area contributed by atoms with E-state index < -0.39 is 10.0 Å². The third-order valence-electron chi connectivity index (χ3n) is 3.37. The van der Waals surface area contributed by atoms with Gasteiger partial charge < -0.3 is 11.1 Å². The summed E-state index contributed by atoms with van der Waals surface area (Å²) in [6, 6.07) is 6.32. The van der Waals surface area contributed by atoms with Gasteiger partial charge in [-0.2, -0.15) is 0 Å². The highest BCUT2D eigenvalue weighted by molar-refractivity contribution is 7.89. The molecule has 0 aliphatic heterocycles. The van der Waals surface area contributed by atoms with Crippen LogP contribution in [0, 0.1) is 5.92 Å². The highest BCUT2D eigenvalue weighted by Gasteiger charge is 2.10. The van der Waals surface area contributed by atoms with Crippen molar-refractivity contribution >= 4 is 15.9 Å². The van der Waals surface area contributed by atoms with Crippen LogP contribution < -0.4 is 16.2 Å². The second kappa shape index (κ2) is 8.11. The summed E-state index contributed by atoms with van der Waals surface area (Å²) in [5.41, 5.74) is 6.50. The lowest BCUT2D eigenvalue weighted by Crippen LogP contribution is -2.29. The quantitative estimate of drug-likeness (QED) is 0.643. The van der Waals surface area contributed by atoms with E-state index in [0.717, 1.165) is 12.0 Å². The van der Waals surface area contributed by atoms with Gasteiger partial charge in [-0.05, 0) is 36.6 Å². The van der Waals surface area contributed by atoms with E-state index in [1.165, 1.54) is 12.1 Å². The smallest absolute Gasteiger partial charge is 0.238 e. The first-order valence-corrected chi connectivity index (χ1v) is 8.50. The molecule has 1 amide bonds. The van der Waals surface area contributed by atoms with Crippen molar-refractivity contribution < 1.29 is 13.2 Å². The lowest BCUT2D eigenvalue weighted by Gasteiger charge is -2.12. The van der Waals surface area contributed by atoms with Crippen LogP contribution in [0.5, 0.6) is 0 Å². The molecule has 0 fully saturated rings. The predicted molar refractivity (Wildman–Crippen MR) is 82.0 cm³/mol. The summed E-state index contributed by atoms with van der Waals surface area (Å²) in [5, 5.41) is 7.86. The Morgan fingerprint density at radius 2 is 1.90 bits per heavy atom. The van der Waals surface area contributed by atoms with Crippen LogP contribution in [-0.4, -0.2) is 27.4 Å². The Hall–Kier alpha value is -1.44. The molecule has 0 heterocycles. The number of amides is 1. The molecule has 118 valence electrons. The average molecular weight is 313 g/mol. The Morgan fingerprint density at radius 3 is 2.38 bits per heavy atom. The van der Waals surface area contributed by atoms with Gasteiger partial charge in [-0.3, -0.25) is 4.79 Å². The van der Waals surface area contributed by atoms with Crippen molar-refractivity contribution in [1.29, 1.82) is 0 Å². The van der Waals surface area contributed by atoms with Crippen LogP contribution in [0.25, 0.3) is 0 Å². The number of primary sulfonamides is 1. The maximum absolute atomic E-state index is 11.7. The van der Waals surface area contributed by atoms with E-state index in [2.05, 4.69) is 5.32 Å². The second-order valence-corrected chi connectivity index (χ2v) is 6.56. The molecule has 1 rings (SSSR count). The maximum Gasteiger partial charge on any atom is 0.238 e. The Kier molecular flexibility index (Phi) is 6.80. The Balaban J connectivity index is 2.41. The van der Waals surface area contributed by atoms with E-state index in [1.807, 2.05) is 6.92 Å². The van der Waals surface area contributed by atoms with Crippen molar-refractivity contribution in [3.8, 4) is 0 Å². The summed E-state index contributed by atoms with van der Waals surface area (Å²) < 4.78 is 22.2. The van der Waals surface area contributed by atoms with E-state index in [1.54, 1.807) is 12.1 Å². The molecular weight excluding hydrogens is 290 g/mol. The fourth-order valence-corrected chi connectivity index (χ4v) is 2.44. The first kappa shape index (κ1) is 17.6. The minimum atomic E-state index is -3.65. The van der Waals surface area contributed by atoms with E-state index in [-0.39, 0.29) is 16.7 Å². The van der Waals surface area contributed by atoms with Crippen LogP contribution in [0.2, 0.25) is 0 Å². The summed E-state index contributed by atoms with van der Waals surface area (Å²) in [6.07, 6.45) is 1.96. The summed E-state index contributed by atoms with van der Waals surface area (Å²) in [5.74, 6) is 0.215. The molecule has 1 aromatic rings. The van der Waals surface area contributed by atoms with Gasteiger partial charge in [0, 0.05) is 13.0 Å². The highest BCUT2D eigenvalue weighted by Crippen LogP contribution is 2.09. The van der Waals surface area contributed by atoms with Crippen molar-refractivity contribution in [3.05, 3.63) is 29.8 Å². The summed E-state index contributed by atoms with van der Waals surface area (Å²) in [7, 11) is -3.65. The third kappa shape index (κ3) is 6.24. The van der Waals surface area contributed by atoms with Gasteiger partial charge in [-0.25, -0.2) is 13.6 Å². The number of rotatable bonds is 8. The molecule has 0 saturated heterocycles. The van der Waals surface area contributed by atoms with E-state index in [0.29, 0.717) is 25.9 Å².